The molecule has 2 unspecified atom stereocenters. The van der Waals surface area contributed by atoms with Gasteiger partial charge in [-0.2, -0.15) is 0 Å². The topological polar surface area (TPSA) is 50.4 Å². The average molecular weight is 310 g/mol. The van der Waals surface area contributed by atoms with E-state index in [1.54, 1.807) is 12.1 Å². The first kappa shape index (κ1) is 18.4. The number of hydrogen-bond donors (Lipinski definition) is 2. The van der Waals surface area contributed by atoms with E-state index in [9.17, 15) is 9.18 Å². The molecular weight excluding hydrogens is 283 g/mol. The summed E-state index contributed by atoms with van der Waals surface area (Å²) in [5.41, 5.74) is 0.549. The number of alkyl carbamates (subject to hydrolysis) is 1. The van der Waals surface area contributed by atoms with E-state index in [0.717, 1.165) is 18.5 Å². The van der Waals surface area contributed by atoms with Crippen LogP contribution in [0.5, 0.6) is 0 Å². The van der Waals surface area contributed by atoms with Crippen LogP contribution in [-0.2, 0) is 4.74 Å². The maximum Gasteiger partial charge on any atom is 0.407 e. The van der Waals surface area contributed by atoms with Crippen LogP contribution in [0.2, 0.25) is 0 Å². The van der Waals surface area contributed by atoms with Crippen LogP contribution in [0.1, 0.15) is 52.6 Å². The molecule has 124 valence electrons. The molecule has 1 aromatic rings. The zero-order chi connectivity index (χ0) is 16.8. The highest BCUT2D eigenvalue weighted by atomic mass is 19.1. The number of amides is 1. The van der Waals surface area contributed by atoms with Crippen molar-refractivity contribution in [3.8, 4) is 0 Å². The molecule has 0 radical (unpaired) electrons. The van der Waals surface area contributed by atoms with Gasteiger partial charge < -0.3 is 15.4 Å². The Morgan fingerprint density at radius 2 is 1.82 bits per heavy atom. The molecule has 0 aliphatic carbocycles. The third kappa shape index (κ3) is 7.41. The number of ether oxygens (including phenoxy) is 1. The van der Waals surface area contributed by atoms with Gasteiger partial charge in [0, 0.05) is 12.1 Å². The Balaban J connectivity index is 2.28. The molecule has 4 nitrogen and oxygen atoms in total. The Morgan fingerprint density at radius 1 is 1.23 bits per heavy atom. The van der Waals surface area contributed by atoms with Crippen molar-refractivity contribution < 1.29 is 13.9 Å². The van der Waals surface area contributed by atoms with E-state index in [4.69, 9.17) is 4.74 Å². The SMILES string of the molecule is CC(CCNC(C)c1ccc(F)cc1)NC(=O)OC(C)(C)C. The van der Waals surface area contributed by atoms with E-state index >= 15 is 0 Å². The maximum atomic E-state index is 12.9. The van der Waals surface area contributed by atoms with Crippen molar-refractivity contribution in [1.82, 2.24) is 10.6 Å². The van der Waals surface area contributed by atoms with Crippen molar-refractivity contribution in [2.45, 2.75) is 58.7 Å². The highest BCUT2D eigenvalue weighted by molar-refractivity contribution is 5.67. The minimum atomic E-state index is -0.487. The predicted molar refractivity (Wildman–Crippen MR) is 86.3 cm³/mol. The van der Waals surface area contributed by atoms with Crippen LogP contribution in [0.25, 0.3) is 0 Å². The lowest BCUT2D eigenvalue weighted by molar-refractivity contribution is 0.0506. The molecule has 0 fully saturated rings. The predicted octanol–water partition coefficient (Wildman–Crippen LogP) is 3.78. The summed E-state index contributed by atoms with van der Waals surface area (Å²) < 4.78 is 18.1. The normalized spacial score (nSPS) is 14.3. The van der Waals surface area contributed by atoms with Crippen LogP contribution in [0.3, 0.4) is 0 Å². The first-order valence-electron chi connectivity index (χ1n) is 7.66. The number of rotatable bonds is 6. The number of carbonyl (C=O) groups is 1. The standard InChI is InChI=1S/C17H27FN2O2/c1-12(20-16(21)22-17(3,4)5)10-11-19-13(2)14-6-8-15(18)9-7-14/h6-9,12-13,19H,10-11H2,1-5H3,(H,20,21). The van der Waals surface area contributed by atoms with Crippen LogP contribution in [0, 0.1) is 5.82 Å². The van der Waals surface area contributed by atoms with Gasteiger partial charge in [0.25, 0.3) is 0 Å². The van der Waals surface area contributed by atoms with E-state index in [-0.39, 0.29) is 17.9 Å². The molecular formula is C17H27FN2O2. The summed E-state index contributed by atoms with van der Waals surface area (Å²) in [5.74, 6) is -0.230. The second kappa shape index (κ2) is 8.13. The fourth-order valence-electron chi connectivity index (χ4n) is 1.97. The fraction of sp³-hybridized carbons (Fsp3) is 0.588. The van der Waals surface area contributed by atoms with Crippen LogP contribution >= 0.6 is 0 Å². The van der Waals surface area contributed by atoms with Gasteiger partial charge in [0.2, 0.25) is 0 Å². The van der Waals surface area contributed by atoms with Crippen molar-refractivity contribution >= 4 is 6.09 Å². The molecule has 5 heteroatoms. The van der Waals surface area contributed by atoms with Gasteiger partial charge in [-0.25, -0.2) is 9.18 Å². The van der Waals surface area contributed by atoms with Gasteiger partial charge in [0.05, 0.1) is 0 Å². The molecule has 0 bridgehead atoms. The summed E-state index contributed by atoms with van der Waals surface area (Å²) >= 11 is 0. The quantitative estimate of drug-likeness (QED) is 0.840. The number of benzene rings is 1. The molecule has 0 aliphatic heterocycles. The summed E-state index contributed by atoms with van der Waals surface area (Å²) in [6.45, 7) is 10.2. The van der Waals surface area contributed by atoms with Crippen LogP contribution in [0.4, 0.5) is 9.18 Å². The molecule has 1 rings (SSSR count). The van der Waals surface area contributed by atoms with Crippen molar-refractivity contribution in [1.29, 1.82) is 0 Å². The molecule has 0 saturated carbocycles. The number of halogens is 1. The molecule has 0 aromatic heterocycles. The van der Waals surface area contributed by atoms with Gasteiger partial charge in [-0.1, -0.05) is 12.1 Å². The second-order valence-corrected chi connectivity index (χ2v) is 6.56. The summed E-state index contributed by atoms with van der Waals surface area (Å²) in [5, 5.41) is 6.16. The summed E-state index contributed by atoms with van der Waals surface area (Å²) in [6, 6.07) is 6.61. The Hall–Kier alpha value is -1.62. The third-order valence-corrected chi connectivity index (χ3v) is 3.16. The lowest BCUT2D eigenvalue weighted by atomic mass is 10.1. The highest BCUT2D eigenvalue weighted by Crippen LogP contribution is 2.12. The highest BCUT2D eigenvalue weighted by Gasteiger charge is 2.17. The smallest absolute Gasteiger partial charge is 0.407 e. The van der Waals surface area contributed by atoms with Gasteiger partial charge in [0.1, 0.15) is 11.4 Å². The zero-order valence-corrected chi connectivity index (χ0v) is 14.1. The first-order chi connectivity index (χ1) is 10.2. The van der Waals surface area contributed by atoms with E-state index in [1.165, 1.54) is 12.1 Å². The van der Waals surface area contributed by atoms with Crippen LogP contribution < -0.4 is 10.6 Å². The lowest BCUT2D eigenvalue weighted by Crippen LogP contribution is -2.39. The molecule has 22 heavy (non-hydrogen) atoms. The van der Waals surface area contributed by atoms with Crippen molar-refractivity contribution in [2.24, 2.45) is 0 Å². The summed E-state index contributed by atoms with van der Waals surface area (Å²) in [4.78, 5) is 11.6. The first-order valence-corrected chi connectivity index (χ1v) is 7.66. The van der Waals surface area contributed by atoms with Gasteiger partial charge in [-0.15, -0.1) is 0 Å². The average Bonchev–Trinajstić information content (AvgIpc) is 2.36. The fourth-order valence-corrected chi connectivity index (χ4v) is 1.97. The number of hydrogen-bond acceptors (Lipinski definition) is 3. The third-order valence-electron chi connectivity index (χ3n) is 3.16. The molecule has 2 atom stereocenters. The van der Waals surface area contributed by atoms with E-state index in [0.29, 0.717) is 0 Å². The Labute approximate surface area is 132 Å². The molecule has 0 spiro atoms. The van der Waals surface area contributed by atoms with Crippen LogP contribution in [0.15, 0.2) is 24.3 Å². The Kier molecular flexibility index (Phi) is 6.81. The Morgan fingerprint density at radius 3 is 2.36 bits per heavy atom. The molecule has 0 heterocycles. The maximum absolute atomic E-state index is 12.9. The zero-order valence-electron chi connectivity index (χ0n) is 14.1. The van der Waals surface area contributed by atoms with E-state index in [1.807, 2.05) is 34.6 Å². The number of carbonyl (C=O) groups excluding carboxylic acids is 1. The van der Waals surface area contributed by atoms with Crippen molar-refractivity contribution in [2.75, 3.05) is 6.54 Å². The van der Waals surface area contributed by atoms with E-state index < -0.39 is 11.7 Å². The largest absolute Gasteiger partial charge is 0.444 e. The molecule has 0 saturated heterocycles. The van der Waals surface area contributed by atoms with Gasteiger partial charge in [0.15, 0.2) is 0 Å². The monoisotopic (exact) mass is 310 g/mol. The summed E-state index contributed by atoms with van der Waals surface area (Å²) in [6.07, 6.45) is 0.386. The molecule has 0 aliphatic rings. The van der Waals surface area contributed by atoms with Crippen LogP contribution in [-0.4, -0.2) is 24.3 Å². The second-order valence-electron chi connectivity index (χ2n) is 6.56. The minimum Gasteiger partial charge on any atom is -0.444 e. The summed E-state index contributed by atoms with van der Waals surface area (Å²) in [7, 11) is 0. The van der Waals surface area contributed by atoms with Gasteiger partial charge in [-0.3, -0.25) is 0 Å². The lowest BCUT2D eigenvalue weighted by Gasteiger charge is -2.22. The minimum absolute atomic E-state index is 0.0165. The molecule has 1 amide bonds. The molecule has 2 N–H and O–H groups in total. The molecule has 1 aromatic carbocycles. The van der Waals surface area contributed by atoms with Crippen molar-refractivity contribution in [3.05, 3.63) is 35.6 Å². The van der Waals surface area contributed by atoms with E-state index in [2.05, 4.69) is 10.6 Å². The van der Waals surface area contributed by atoms with Gasteiger partial charge >= 0.3 is 6.09 Å². The Bertz CT molecular complexity index is 469. The van der Waals surface area contributed by atoms with Gasteiger partial charge in [-0.05, 0) is 65.3 Å². The van der Waals surface area contributed by atoms with Crippen molar-refractivity contribution in [3.63, 3.8) is 0 Å². The number of nitrogens with one attached hydrogen (secondary N) is 2.